The molecule has 1 rings (SSSR count). The molecule has 0 aliphatic heterocycles. The van der Waals surface area contributed by atoms with Crippen LogP contribution in [0.3, 0.4) is 0 Å². The number of nitrogens with zero attached hydrogens (tertiary/aromatic N) is 1. The van der Waals surface area contributed by atoms with Gasteiger partial charge in [0.25, 0.3) is 0 Å². The van der Waals surface area contributed by atoms with Crippen molar-refractivity contribution < 1.29 is 8.78 Å². The predicted octanol–water partition coefficient (Wildman–Crippen LogP) is 1.98. The van der Waals surface area contributed by atoms with Crippen molar-refractivity contribution in [1.82, 2.24) is 4.98 Å². The van der Waals surface area contributed by atoms with E-state index >= 15 is 0 Å². The number of aromatic nitrogens is 1. The SMILES string of the molecule is Cc1cnc(C)c(F)c1F. The van der Waals surface area contributed by atoms with Crippen molar-refractivity contribution in [2.45, 2.75) is 13.8 Å². The summed E-state index contributed by atoms with van der Waals surface area (Å²) in [7, 11) is 0. The highest BCUT2D eigenvalue weighted by Gasteiger charge is 2.07. The van der Waals surface area contributed by atoms with Gasteiger partial charge in [-0.05, 0) is 13.8 Å². The number of rotatable bonds is 0. The Bertz CT molecular complexity index is 231. The zero-order chi connectivity index (χ0) is 7.72. The van der Waals surface area contributed by atoms with Gasteiger partial charge in [0.1, 0.15) is 0 Å². The van der Waals surface area contributed by atoms with Crippen LogP contribution in [0.15, 0.2) is 6.20 Å². The summed E-state index contributed by atoms with van der Waals surface area (Å²) in [6, 6.07) is 0. The summed E-state index contributed by atoms with van der Waals surface area (Å²) in [6.07, 6.45) is 1.31. The van der Waals surface area contributed by atoms with Gasteiger partial charge in [0, 0.05) is 11.8 Å². The van der Waals surface area contributed by atoms with Crippen molar-refractivity contribution in [3.63, 3.8) is 0 Å². The maximum absolute atomic E-state index is 12.6. The van der Waals surface area contributed by atoms with Crippen LogP contribution in [0, 0.1) is 25.5 Å². The summed E-state index contributed by atoms with van der Waals surface area (Å²) in [5, 5.41) is 0. The summed E-state index contributed by atoms with van der Waals surface area (Å²) in [5.41, 5.74) is 0.339. The molecule has 0 radical (unpaired) electrons. The highest BCUT2D eigenvalue weighted by Crippen LogP contribution is 2.11. The summed E-state index contributed by atoms with van der Waals surface area (Å²) in [6.45, 7) is 2.91. The number of hydrogen-bond acceptors (Lipinski definition) is 1. The minimum absolute atomic E-state index is 0.100. The zero-order valence-electron chi connectivity index (χ0n) is 5.78. The van der Waals surface area contributed by atoms with Crippen LogP contribution < -0.4 is 0 Å². The van der Waals surface area contributed by atoms with E-state index in [1.807, 2.05) is 0 Å². The van der Waals surface area contributed by atoms with Gasteiger partial charge < -0.3 is 0 Å². The Kier molecular flexibility index (Phi) is 1.66. The molecular weight excluding hydrogens is 136 g/mol. The maximum Gasteiger partial charge on any atom is 0.180 e. The average Bonchev–Trinajstić information content (AvgIpc) is 1.93. The molecule has 0 saturated heterocycles. The lowest BCUT2D eigenvalue weighted by molar-refractivity contribution is 0.491. The highest BCUT2D eigenvalue weighted by atomic mass is 19.2. The Balaban J connectivity index is 3.34. The molecule has 54 valence electrons. The van der Waals surface area contributed by atoms with E-state index in [0.29, 0.717) is 0 Å². The molecule has 1 aromatic heterocycles. The molecule has 3 heteroatoms. The van der Waals surface area contributed by atoms with Gasteiger partial charge in [0.2, 0.25) is 0 Å². The fraction of sp³-hybridized carbons (Fsp3) is 0.286. The minimum Gasteiger partial charge on any atom is -0.258 e. The summed E-state index contributed by atoms with van der Waals surface area (Å²) < 4.78 is 25.1. The number of pyridine rings is 1. The molecule has 0 atom stereocenters. The number of halogens is 2. The smallest absolute Gasteiger partial charge is 0.180 e. The monoisotopic (exact) mass is 143 g/mol. The van der Waals surface area contributed by atoms with Crippen molar-refractivity contribution in [2.24, 2.45) is 0 Å². The first-order valence-corrected chi connectivity index (χ1v) is 2.90. The van der Waals surface area contributed by atoms with Gasteiger partial charge in [0.05, 0.1) is 5.69 Å². The zero-order valence-corrected chi connectivity index (χ0v) is 5.78. The molecule has 10 heavy (non-hydrogen) atoms. The predicted molar refractivity (Wildman–Crippen MR) is 33.6 cm³/mol. The van der Waals surface area contributed by atoms with Crippen molar-refractivity contribution in [3.8, 4) is 0 Å². The topological polar surface area (TPSA) is 12.9 Å². The molecule has 0 aromatic carbocycles. The molecule has 0 bridgehead atoms. The van der Waals surface area contributed by atoms with Gasteiger partial charge >= 0.3 is 0 Å². The van der Waals surface area contributed by atoms with Gasteiger partial charge in [-0.25, -0.2) is 8.78 Å². The third kappa shape index (κ3) is 0.988. The number of hydrogen-bond donors (Lipinski definition) is 0. The van der Waals surface area contributed by atoms with Crippen LogP contribution in [0.4, 0.5) is 8.78 Å². The van der Waals surface area contributed by atoms with Gasteiger partial charge in [-0.2, -0.15) is 0 Å². The van der Waals surface area contributed by atoms with Crippen molar-refractivity contribution in [2.75, 3.05) is 0 Å². The Hall–Kier alpha value is -0.990. The minimum atomic E-state index is -0.847. The highest BCUT2D eigenvalue weighted by molar-refractivity contribution is 5.16. The largest absolute Gasteiger partial charge is 0.258 e. The van der Waals surface area contributed by atoms with E-state index in [2.05, 4.69) is 4.98 Å². The standard InChI is InChI=1S/C7H7F2N/c1-4-3-10-5(2)7(9)6(4)8/h3H,1-2H3. The molecule has 0 unspecified atom stereocenters. The van der Waals surface area contributed by atoms with Crippen LogP contribution in [-0.2, 0) is 0 Å². The lowest BCUT2D eigenvalue weighted by atomic mass is 10.2. The van der Waals surface area contributed by atoms with E-state index in [0.717, 1.165) is 0 Å². The summed E-state index contributed by atoms with van der Waals surface area (Å²) >= 11 is 0. The third-order valence-corrected chi connectivity index (χ3v) is 1.31. The Morgan fingerprint density at radius 3 is 2.30 bits per heavy atom. The second-order valence-electron chi connectivity index (χ2n) is 2.15. The van der Waals surface area contributed by atoms with Crippen LogP contribution in [0.5, 0.6) is 0 Å². The fourth-order valence-electron chi connectivity index (χ4n) is 0.639. The van der Waals surface area contributed by atoms with E-state index in [1.165, 1.54) is 20.0 Å². The molecule has 0 spiro atoms. The Morgan fingerprint density at radius 2 is 1.80 bits per heavy atom. The molecule has 1 nitrogen and oxygen atoms in total. The van der Waals surface area contributed by atoms with Crippen LogP contribution in [0.25, 0.3) is 0 Å². The molecule has 0 N–H and O–H groups in total. The molecule has 0 amide bonds. The van der Waals surface area contributed by atoms with Gasteiger partial charge in [-0.3, -0.25) is 4.98 Å². The molecule has 0 aliphatic carbocycles. The molecule has 0 fully saturated rings. The fourth-order valence-corrected chi connectivity index (χ4v) is 0.639. The molecule has 0 saturated carbocycles. The van der Waals surface area contributed by atoms with Crippen LogP contribution in [0.1, 0.15) is 11.3 Å². The van der Waals surface area contributed by atoms with Crippen LogP contribution in [-0.4, -0.2) is 4.98 Å². The van der Waals surface area contributed by atoms with Crippen molar-refractivity contribution >= 4 is 0 Å². The summed E-state index contributed by atoms with van der Waals surface area (Å²) in [4.78, 5) is 3.62. The van der Waals surface area contributed by atoms with Gasteiger partial charge in [-0.1, -0.05) is 0 Å². The molecule has 1 aromatic rings. The molecular formula is C7H7F2N. The van der Waals surface area contributed by atoms with E-state index in [-0.39, 0.29) is 11.3 Å². The first kappa shape index (κ1) is 7.12. The van der Waals surface area contributed by atoms with Crippen molar-refractivity contribution in [3.05, 3.63) is 29.1 Å². The Labute approximate surface area is 57.7 Å². The Morgan fingerprint density at radius 1 is 1.20 bits per heavy atom. The second-order valence-corrected chi connectivity index (χ2v) is 2.15. The van der Waals surface area contributed by atoms with E-state index < -0.39 is 11.6 Å². The third-order valence-electron chi connectivity index (χ3n) is 1.31. The van der Waals surface area contributed by atoms with E-state index in [4.69, 9.17) is 0 Å². The van der Waals surface area contributed by atoms with Crippen molar-refractivity contribution in [1.29, 1.82) is 0 Å². The maximum atomic E-state index is 12.6. The normalized spacial score (nSPS) is 10.0. The van der Waals surface area contributed by atoms with Crippen LogP contribution in [0.2, 0.25) is 0 Å². The van der Waals surface area contributed by atoms with E-state index in [9.17, 15) is 8.78 Å². The van der Waals surface area contributed by atoms with Crippen LogP contribution >= 0.6 is 0 Å². The quantitative estimate of drug-likeness (QED) is 0.541. The lowest BCUT2D eigenvalue weighted by Crippen LogP contribution is -1.95. The second kappa shape index (κ2) is 2.33. The van der Waals surface area contributed by atoms with Gasteiger partial charge in [0.15, 0.2) is 11.6 Å². The molecule has 1 heterocycles. The lowest BCUT2D eigenvalue weighted by Gasteiger charge is -1.98. The van der Waals surface area contributed by atoms with Gasteiger partial charge in [-0.15, -0.1) is 0 Å². The number of aryl methyl sites for hydroxylation is 2. The first-order valence-electron chi connectivity index (χ1n) is 2.90. The summed E-state index contributed by atoms with van der Waals surface area (Å²) in [5.74, 6) is -1.65. The van der Waals surface area contributed by atoms with E-state index in [1.54, 1.807) is 0 Å². The average molecular weight is 143 g/mol. The first-order chi connectivity index (χ1) is 4.63. The molecule has 0 aliphatic rings.